The molecule has 0 spiro atoms. The van der Waals surface area contributed by atoms with Gasteiger partial charge in [-0.15, -0.1) is 0 Å². The van der Waals surface area contributed by atoms with Gasteiger partial charge in [-0.05, 0) is 0 Å². The molecular weight excluding hydrogens is 263 g/mol. The van der Waals surface area contributed by atoms with Crippen molar-refractivity contribution >= 4 is 38.0 Å². The quantitative estimate of drug-likeness (QED) is 0.609. The summed E-state index contributed by atoms with van der Waals surface area (Å²) in [7, 11) is 0. The van der Waals surface area contributed by atoms with E-state index in [4.69, 9.17) is 0 Å². The van der Waals surface area contributed by atoms with E-state index in [2.05, 4.69) is 34.5 Å². The zero-order chi connectivity index (χ0) is 8.67. The Morgan fingerprint density at radius 3 is 2.62 bits per heavy atom. The molecular formula is C10H12S2Se. The molecule has 2 aliphatic rings. The summed E-state index contributed by atoms with van der Waals surface area (Å²) in [5, 5.41) is 1.98. The summed E-state index contributed by atoms with van der Waals surface area (Å²) in [6.45, 7) is 0. The minimum absolute atomic E-state index is 0.720. The molecule has 3 heteroatoms. The maximum atomic E-state index is 2.41. The second kappa shape index (κ2) is 3.69. The third-order valence-corrected chi connectivity index (χ3v) is 6.51. The van der Waals surface area contributed by atoms with Crippen molar-refractivity contribution in [2.24, 2.45) is 0 Å². The van der Waals surface area contributed by atoms with Crippen molar-refractivity contribution in [3.05, 3.63) is 21.0 Å². The van der Waals surface area contributed by atoms with Crippen molar-refractivity contribution in [1.29, 1.82) is 0 Å². The average Bonchev–Trinajstić information content (AvgIpc) is 2.95. The molecule has 1 aromatic heterocycles. The van der Waals surface area contributed by atoms with E-state index in [9.17, 15) is 0 Å². The molecule has 2 saturated heterocycles. The Kier molecular flexibility index (Phi) is 2.55. The third kappa shape index (κ3) is 2.38. The van der Waals surface area contributed by atoms with Gasteiger partial charge in [0.1, 0.15) is 0 Å². The molecule has 2 aliphatic heterocycles. The summed E-state index contributed by atoms with van der Waals surface area (Å²) in [6.07, 6.45) is 2.78. The monoisotopic (exact) mass is 276 g/mol. The van der Waals surface area contributed by atoms with Crippen LogP contribution in [0.4, 0.5) is 0 Å². The van der Waals surface area contributed by atoms with Crippen LogP contribution in [0, 0.1) is 0 Å². The summed E-state index contributed by atoms with van der Waals surface area (Å²) in [6, 6.07) is 2.40. The Balaban J connectivity index is 1.70. The van der Waals surface area contributed by atoms with Gasteiger partial charge in [0.2, 0.25) is 0 Å². The number of rotatable bonds is 4. The van der Waals surface area contributed by atoms with Gasteiger partial charge in [0, 0.05) is 0 Å². The van der Waals surface area contributed by atoms with Gasteiger partial charge in [0.25, 0.3) is 0 Å². The van der Waals surface area contributed by atoms with Crippen molar-refractivity contribution in [3.8, 4) is 0 Å². The molecule has 0 aliphatic carbocycles. The van der Waals surface area contributed by atoms with E-state index in [1.165, 1.54) is 24.3 Å². The Labute approximate surface area is 93.6 Å². The van der Waals surface area contributed by atoms with E-state index < -0.39 is 0 Å². The standard InChI is InChI=1S/C10H12S2Se/c1-2-13-10(4-9-6-12-9)7(1)3-8-5-11-8/h1-2,8-9H,3-6H2. The average molecular weight is 275 g/mol. The zero-order valence-corrected chi connectivity index (χ0v) is 10.7. The zero-order valence-electron chi connectivity index (χ0n) is 7.36. The second-order valence-corrected chi connectivity index (χ2v) is 8.45. The van der Waals surface area contributed by atoms with Crippen molar-refractivity contribution in [2.45, 2.75) is 23.3 Å². The van der Waals surface area contributed by atoms with Crippen molar-refractivity contribution in [1.82, 2.24) is 0 Å². The molecule has 0 amide bonds. The first-order valence-electron chi connectivity index (χ1n) is 4.70. The van der Waals surface area contributed by atoms with Crippen LogP contribution in [0.3, 0.4) is 0 Å². The van der Waals surface area contributed by atoms with Gasteiger partial charge in [-0.25, -0.2) is 0 Å². The molecule has 0 radical (unpaired) electrons. The molecule has 3 heterocycles. The van der Waals surface area contributed by atoms with Gasteiger partial charge >= 0.3 is 93.9 Å². The van der Waals surface area contributed by atoms with Gasteiger partial charge in [-0.3, -0.25) is 0 Å². The van der Waals surface area contributed by atoms with Gasteiger partial charge in [0.05, 0.1) is 0 Å². The van der Waals surface area contributed by atoms with Gasteiger partial charge < -0.3 is 0 Å². The number of hydrogen-bond acceptors (Lipinski definition) is 2. The topological polar surface area (TPSA) is 0 Å². The third-order valence-electron chi connectivity index (χ3n) is 2.50. The van der Waals surface area contributed by atoms with Crippen LogP contribution in [0.15, 0.2) is 11.0 Å². The number of hydrogen-bond donors (Lipinski definition) is 0. The van der Waals surface area contributed by atoms with Crippen LogP contribution in [0.5, 0.6) is 0 Å². The fourth-order valence-electron chi connectivity index (χ4n) is 1.55. The van der Waals surface area contributed by atoms with Crippen LogP contribution >= 0.6 is 23.5 Å². The first-order chi connectivity index (χ1) is 6.42. The second-order valence-electron chi connectivity index (χ2n) is 3.69. The maximum absolute atomic E-state index is 2.41. The summed E-state index contributed by atoms with van der Waals surface area (Å²) >= 11 is 4.98. The van der Waals surface area contributed by atoms with E-state index in [0.717, 1.165) is 25.0 Å². The van der Waals surface area contributed by atoms with Gasteiger partial charge in [-0.1, -0.05) is 0 Å². The molecule has 2 atom stereocenters. The normalized spacial score (nSPS) is 30.5. The fraction of sp³-hybridized carbons (Fsp3) is 0.600. The Bertz CT molecular complexity index is 271. The van der Waals surface area contributed by atoms with Crippen LogP contribution in [0.2, 0.25) is 0 Å². The summed E-state index contributed by atoms with van der Waals surface area (Å²) in [5.41, 5.74) is 1.71. The van der Waals surface area contributed by atoms with Crippen LogP contribution in [0.25, 0.3) is 0 Å². The number of thioether (sulfide) groups is 2. The Hall–Kier alpha value is 0.699. The minimum atomic E-state index is 0.720. The first-order valence-corrected chi connectivity index (χ1v) is 8.64. The SMILES string of the molecule is c1cc(CC2CS2)c(CC2CS2)[se]1. The van der Waals surface area contributed by atoms with Crippen LogP contribution in [-0.2, 0) is 12.8 Å². The molecule has 2 fully saturated rings. The molecule has 1 aromatic rings. The Morgan fingerprint density at radius 1 is 1.23 bits per heavy atom. The first kappa shape index (κ1) is 8.96. The van der Waals surface area contributed by atoms with Crippen LogP contribution in [-0.4, -0.2) is 36.5 Å². The summed E-state index contributed by atoms with van der Waals surface area (Å²) in [5.74, 6) is 2.83. The van der Waals surface area contributed by atoms with E-state index in [1.807, 2.05) is 4.44 Å². The Morgan fingerprint density at radius 2 is 1.92 bits per heavy atom. The molecule has 0 N–H and O–H groups in total. The summed E-state index contributed by atoms with van der Waals surface area (Å²) < 4.78 is 1.81. The van der Waals surface area contributed by atoms with Gasteiger partial charge in [0.15, 0.2) is 0 Å². The van der Waals surface area contributed by atoms with E-state index in [1.54, 1.807) is 5.56 Å². The van der Waals surface area contributed by atoms with Crippen molar-refractivity contribution in [2.75, 3.05) is 11.5 Å². The molecule has 13 heavy (non-hydrogen) atoms. The molecule has 0 bridgehead atoms. The van der Waals surface area contributed by atoms with Crippen LogP contribution in [0.1, 0.15) is 10.0 Å². The fourth-order valence-corrected chi connectivity index (χ4v) is 4.97. The summed E-state index contributed by atoms with van der Waals surface area (Å²) in [4.78, 5) is 2.41. The van der Waals surface area contributed by atoms with E-state index in [0.29, 0.717) is 0 Å². The molecule has 70 valence electrons. The molecule has 0 aromatic carbocycles. The predicted molar refractivity (Wildman–Crippen MR) is 63.3 cm³/mol. The molecule has 3 rings (SSSR count). The van der Waals surface area contributed by atoms with Crippen molar-refractivity contribution in [3.63, 3.8) is 0 Å². The molecule has 0 saturated carbocycles. The predicted octanol–water partition coefficient (Wildman–Crippen LogP) is 2.06. The van der Waals surface area contributed by atoms with Crippen LogP contribution < -0.4 is 0 Å². The van der Waals surface area contributed by atoms with Crippen molar-refractivity contribution < 1.29 is 0 Å². The molecule has 2 unspecified atom stereocenters. The van der Waals surface area contributed by atoms with Gasteiger partial charge in [-0.2, -0.15) is 0 Å². The van der Waals surface area contributed by atoms with E-state index in [-0.39, 0.29) is 0 Å². The molecule has 0 nitrogen and oxygen atoms in total. The van der Waals surface area contributed by atoms with E-state index >= 15 is 0 Å².